The van der Waals surface area contributed by atoms with Crippen LogP contribution in [0.25, 0.3) is 6.08 Å². The van der Waals surface area contributed by atoms with Crippen LogP contribution in [0.2, 0.25) is 0 Å². The van der Waals surface area contributed by atoms with E-state index in [1.807, 2.05) is 31.2 Å². The molecule has 0 unspecified atom stereocenters. The third-order valence-corrected chi connectivity index (χ3v) is 4.68. The van der Waals surface area contributed by atoms with E-state index in [9.17, 15) is 0 Å². The summed E-state index contributed by atoms with van der Waals surface area (Å²) in [5.74, 6) is 3.27. The smallest absolute Gasteiger partial charge is 0.204 e. The van der Waals surface area contributed by atoms with Crippen molar-refractivity contribution in [1.82, 2.24) is 0 Å². The van der Waals surface area contributed by atoms with E-state index >= 15 is 0 Å². The fraction of sp³-hybridized carbons (Fsp3) is 0.364. The minimum absolute atomic E-state index is 0.0537. The van der Waals surface area contributed by atoms with Gasteiger partial charge >= 0.3 is 0 Å². The van der Waals surface area contributed by atoms with E-state index in [1.165, 1.54) is 0 Å². The van der Waals surface area contributed by atoms with E-state index in [0.29, 0.717) is 34.5 Å². The van der Waals surface area contributed by atoms with Crippen molar-refractivity contribution in [2.75, 3.05) is 35.0 Å². The average molecular weight is 402 g/mol. The van der Waals surface area contributed by atoms with Gasteiger partial charge < -0.3 is 33.5 Å². The number of hydrogen-bond acceptors (Lipinski definition) is 7. The second-order valence-corrected chi connectivity index (χ2v) is 6.46. The summed E-state index contributed by atoms with van der Waals surface area (Å²) in [6.07, 6.45) is 2.74. The van der Waals surface area contributed by atoms with Crippen molar-refractivity contribution >= 4 is 6.08 Å². The minimum Gasteiger partial charge on any atom is -0.493 e. The predicted molar refractivity (Wildman–Crippen MR) is 109 cm³/mol. The molecular weight excluding hydrogens is 376 g/mol. The van der Waals surface area contributed by atoms with Crippen molar-refractivity contribution in [2.24, 2.45) is 0 Å². The molecule has 7 heteroatoms. The van der Waals surface area contributed by atoms with Crippen LogP contribution in [0.15, 0.2) is 30.3 Å². The lowest BCUT2D eigenvalue weighted by Crippen LogP contribution is -2.31. The van der Waals surface area contributed by atoms with Gasteiger partial charge in [-0.1, -0.05) is 12.2 Å². The lowest BCUT2D eigenvalue weighted by Gasteiger charge is -2.33. The fourth-order valence-electron chi connectivity index (χ4n) is 3.32. The quantitative estimate of drug-likeness (QED) is 0.758. The summed E-state index contributed by atoms with van der Waals surface area (Å²) in [6.45, 7) is 1.87. The number of aliphatic hydroxyl groups excluding tert-OH is 1. The molecule has 3 rings (SSSR count). The van der Waals surface area contributed by atoms with Crippen LogP contribution < -0.4 is 28.4 Å². The molecule has 0 bridgehead atoms. The Labute approximate surface area is 170 Å². The van der Waals surface area contributed by atoms with Crippen molar-refractivity contribution < 1.29 is 33.5 Å². The molecule has 2 aromatic carbocycles. The molecule has 0 spiro atoms. The second kappa shape index (κ2) is 8.96. The zero-order valence-corrected chi connectivity index (χ0v) is 17.2. The van der Waals surface area contributed by atoms with Crippen LogP contribution in [0, 0.1) is 0 Å². The predicted octanol–water partition coefficient (Wildman–Crippen LogP) is 3.63. The van der Waals surface area contributed by atoms with Crippen molar-refractivity contribution in [1.29, 1.82) is 0 Å². The summed E-state index contributed by atoms with van der Waals surface area (Å²) in [5.41, 5.74) is 1.66. The molecule has 1 heterocycles. The highest BCUT2D eigenvalue weighted by Gasteiger charge is 2.33. The molecule has 1 N–H and O–H groups in total. The molecule has 0 fully saturated rings. The normalized spacial score (nSPS) is 17.9. The van der Waals surface area contributed by atoms with Crippen LogP contribution in [0.4, 0.5) is 0 Å². The zero-order chi connectivity index (χ0) is 21.0. The maximum Gasteiger partial charge on any atom is 0.204 e. The third-order valence-electron chi connectivity index (χ3n) is 4.68. The van der Waals surface area contributed by atoms with E-state index in [-0.39, 0.29) is 12.7 Å². The van der Waals surface area contributed by atoms with Crippen LogP contribution in [0.5, 0.6) is 34.5 Å². The summed E-state index contributed by atoms with van der Waals surface area (Å²) in [5, 5.41) is 9.05. The SMILES string of the molecule is COc1cc([C@H]2Oc3cc(C=CCO)cc(OC)c3O[C@@H]2C)cc(OC)c1OC. The molecule has 0 saturated heterocycles. The maximum atomic E-state index is 9.05. The van der Waals surface area contributed by atoms with E-state index in [0.717, 1.165) is 11.1 Å². The fourth-order valence-corrected chi connectivity index (χ4v) is 3.32. The van der Waals surface area contributed by atoms with Crippen molar-refractivity contribution in [3.8, 4) is 34.5 Å². The molecule has 7 nitrogen and oxygen atoms in total. The highest BCUT2D eigenvalue weighted by molar-refractivity contribution is 5.63. The molecule has 1 aliphatic rings. The van der Waals surface area contributed by atoms with Crippen molar-refractivity contribution in [3.63, 3.8) is 0 Å². The topological polar surface area (TPSA) is 75.6 Å². The number of hydrogen-bond donors (Lipinski definition) is 1. The second-order valence-electron chi connectivity index (χ2n) is 6.46. The maximum absolute atomic E-state index is 9.05. The number of methoxy groups -OCH3 is 4. The largest absolute Gasteiger partial charge is 0.493 e. The number of aliphatic hydroxyl groups is 1. The van der Waals surface area contributed by atoms with E-state index in [4.69, 9.17) is 33.5 Å². The Morgan fingerprint density at radius 2 is 1.55 bits per heavy atom. The molecule has 0 aliphatic carbocycles. The Hall–Kier alpha value is -3.06. The molecule has 0 saturated carbocycles. The zero-order valence-electron chi connectivity index (χ0n) is 17.2. The van der Waals surface area contributed by atoms with Crippen LogP contribution in [-0.2, 0) is 0 Å². The monoisotopic (exact) mass is 402 g/mol. The van der Waals surface area contributed by atoms with Gasteiger partial charge in [-0.2, -0.15) is 0 Å². The Morgan fingerprint density at radius 1 is 0.897 bits per heavy atom. The average Bonchev–Trinajstić information content (AvgIpc) is 2.75. The first-order valence-corrected chi connectivity index (χ1v) is 9.18. The lowest BCUT2D eigenvalue weighted by molar-refractivity contribution is 0.0279. The van der Waals surface area contributed by atoms with E-state index in [2.05, 4.69) is 0 Å². The molecule has 0 amide bonds. The first-order chi connectivity index (χ1) is 14.1. The van der Waals surface area contributed by atoms with Crippen LogP contribution in [-0.4, -0.2) is 46.3 Å². The number of rotatable bonds is 7. The van der Waals surface area contributed by atoms with Gasteiger partial charge in [-0.15, -0.1) is 0 Å². The highest BCUT2D eigenvalue weighted by Crippen LogP contribution is 2.48. The van der Waals surface area contributed by atoms with E-state index in [1.54, 1.807) is 40.6 Å². The van der Waals surface area contributed by atoms with Gasteiger partial charge in [0.2, 0.25) is 11.5 Å². The molecule has 2 aromatic rings. The highest BCUT2D eigenvalue weighted by atomic mass is 16.6. The number of ether oxygens (including phenoxy) is 6. The third kappa shape index (κ3) is 4.05. The standard InChI is InChI=1S/C22H26O7/c1-13-20(15-11-17(25-3)21(27-5)18(12-15)26-4)29-19-10-14(7-6-8-23)9-16(24-2)22(19)28-13/h6-7,9-13,20,23H,8H2,1-5H3/t13-,20+/m1/s1. The molecule has 156 valence electrons. The van der Waals surface area contributed by atoms with Crippen LogP contribution >= 0.6 is 0 Å². The first-order valence-electron chi connectivity index (χ1n) is 9.18. The summed E-state index contributed by atoms with van der Waals surface area (Å²) < 4.78 is 34.2. The van der Waals surface area contributed by atoms with Gasteiger partial charge in [0.15, 0.2) is 29.1 Å². The van der Waals surface area contributed by atoms with Gasteiger partial charge in [0.1, 0.15) is 6.10 Å². The Bertz CT molecular complexity index is 866. The Balaban J connectivity index is 2.04. The van der Waals surface area contributed by atoms with Gasteiger partial charge in [-0.05, 0) is 36.8 Å². The van der Waals surface area contributed by atoms with E-state index < -0.39 is 6.10 Å². The first kappa shape index (κ1) is 20.7. The summed E-state index contributed by atoms with van der Waals surface area (Å²) >= 11 is 0. The summed E-state index contributed by atoms with van der Waals surface area (Å²) in [7, 11) is 6.28. The van der Waals surface area contributed by atoms with Crippen LogP contribution in [0.1, 0.15) is 24.2 Å². The van der Waals surface area contributed by atoms with Gasteiger partial charge in [0.05, 0.1) is 35.0 Å². The minimum atomic E-state index is -0.405. The summed E-state index contributed by atoms with van der Waals surface area (Å²) in [4.78, 5) is 0. The molecule has 1 aliphatic heterocycles. The molecule has 2 atom stereocenters. The summed E-state index contributed by atoms with van der Waals surface area (Å²) in [6, 6.07) is 7.38. The molecule has 29 heavy (non-hydrogen) atoms. The number of benzene rings is 2. The van der Waals surface area contributed by atoms with Crippen molar-refractivity contribution in [3.05, 3.63) is 41.5 Å². The van der Waals surface area contributed by atoms with Gasteiger partial charge in [-0.25, -0.2) is 0 Å². The Kier molecular flexibility index (Phi) is 6.39. The Morgan fingerprint density at radius 3 is 2.10 bits per heavy atom. The lowest BCUT2D eigenvalue weighted by atomic mass is 10.0. The molecule has 0 aromatic heterocycles. The molecule has 0 radical (unpaired) electrons. The van der Waals surface area contributed by atoms with Gasteiger partial charge in [0, 0.05) is 5.56 Å². The van der Waals surface area contributed by atoms with Crippen LogP contribution in [0.3, 0.4) is 0 Å². The van der Waals surface area contributed by atoms with Crippen molar-refractivity contribution in [2.45, 2.75) is 19.1 Å². The molecular formula is C22H26O7. The van der Waals surface area contributed by atoms with Gasteiger partial charge in [0.25, 0.3) is 0 Å². The van der Waals surface area contributed by atoms with Gasteiger partial charge in [-0.3, -0.25) is 0 Å². The number of fused-ring (bicyclic) bond motifs is 1.